The summed E-state index contributed by atoms with van der Waals surface area (Å²) < 4.78 is 0. The van der Waals surface area contributed by atoms with Crippen molar-refractivity contribution in [1.29, 1.82) is 0 Å². The molecular formula is C18H29N3O. The summed E-state index contributed by atoms with van der Waals surface area (Å²) in [6.45, 7) is 8.61. The topological polar surface area (TPSA) is 35.6 Å². The molecular weight excluding hydrogens is 274 g/mol. The zero-order chi connectivity index (χ0) is 15.8. The van der Waals surface area contributed by atoms with E-state index >= 15 is 0 Å². The Morgan fingerprint density at radius 2 is 1.86 bits per heavy atom. The molecule has 4 nitrogen and oxygen atoms in total. The molecule has 1 amide bonds. The van der Waals surface area contributed by atoms with E-state index in [0.717, 1.165) is 51.1 Å². The molecule has 2 rings (SSSR count). The first-order chi connectivity index (χ1) is 10.8. The van der Waals surface area contributed by atoms with Crippen LogP contribution in [0.5, 0.6) is 0 Å². The normalized spacial score (nSPS) is 16.0. The number of hydrogen-bond acceptors (Lipinski definition) is 3. The summed E-state index contributed by atoms with van der Waals surface area (Å²) in [6.07, 6.45) is 3.38. The maximum Gasteiger partial charge on any atom is 0.241 e. The Morgan fingerprint density at radius 1 is 1.18 bits per heavy atom. The molecule has 1 saturated heterocycles. The van der Waals surface area contributed by atoms with E-state index in [1.165, 1.54) is 0 Å². The molecule has 4 heteroatoms. The van der Waals surface area contributed by atoms with Gasteiger partial charge in [0.15, 0.2) is 0 Å². The fourth-order valence-electron chi connectivity index (χ4n) is 3.22. The molecule has 0 saturated carbocycles. The minimum atomic E-state index is 0.209. The van der Waals surface area contributed by atoms with Crippen LogP contribution in [0.4, 0.5) is 5.69 Å². The minimum Gasteiger partial charge on any atom is -0.317 e. The second-order valence-corrected chi connectivity index (χ2v) is 5.93. The smallest absolute Gasteiger partial charge is 0.241 e. The third-order valence-corrected chi connectivity index (χ3v) is 4.36. The Morgan fingerprint density at radius 3 is 2.45 bits per heavy atom. The summed E-state index contributed by atoms with van der Waals surface area (Å²) in [5, 5.41) is 3.40. The predicted octanol–water partition coefficient (Wildman–Crippen LogP) is 2.50. The van der Waals surface area contributed by atoms with Gasteiger partial charge in [-0.15, -0.1) is 0 Å². The summed E-state index contributed by atoms with van der Waals surface area (Å²) in [4.78, 5) is 17.0. The number of anilines is 1. The first-order valence-electron chi connectivity index (χ1n) is 8.56. The average molecular weight is 303 g/mol. The Hall–Kier alpha value is -1.39. The lowest BCUT2D eigenvalue weighted by atomic mass is 10.0. The molecule has 0 spiro atoms. The van der Waals surface area contributed by atoms with Gasteiger partial charge in [-0.2, -0.15) is 0 Å². The van der Waals surface area contributed by atoms with Gasteiger partial charge in [-0.1, -0.05) is 25.1 Å². The van der Waals surface area contributed by atoms with E-state index < -0.39 is 0 Å². The summed E-state index contributed by atoms with van der Waals surface area (Å²) >= 11 is 0. The number of piperidine rings is 1. The third-order valence-electron chi connectivity index (χ3n) is 4.36. The minimum absolute atomic E-state index is 0.209. The maximum atomic E-state index is 12.8. The van der Waals surface area contributed by atoms with Crippen LogP contribution in [0.1, 0.15) is 33.1 Å². The van der Waals surface area contributed by atoms with Crippen molar-refractivity contribution in [1.82, 2.24) is 10.2 Å². The van der Waals surface area contributed by atoms with Gasteiger partial charge in [-0.3, -0.25) is 9.69 Å². The summed E-state index contributed by atoms with van der Waals surface area (Å²) in [7, 11) is 0. The van der Waals surface area contributed by atoms with Crippen LogP contribution in [0.3, 0.4) is 0 Å². The van der Waals surface area contributed by atoms with Crippen LogP contribution in [-0.4, -0.2) is 49.6 Å². The Kier molecular flexibility index (Phi) is 6.87. The highest BCUT2D eigenvalue weighted by atomic mass is 16.2. The van der Waals surface area contributed by atoms with Gasteiger partial charge < -0.3 is 10.2 Å². The molecule has 0 radical (unpaired) electrons. The molecule has 122 valence electrons. The van der Waals surface area contributed by atoms with Crippen LogP contribution in [0.25, 0.3) is 0 Å². The van der Waals surface area contributed by atoms with Crippen LogP contribution in [0.15, 0.2) is 30.3 Å². The second kappa shape index (κ2) is 8.91. The lowest BCUT2D eigenvalue weighted by Crippen LogP contribution is -2.48. The third kappa shape index (κ3) is 4.55. The van der Waals surface area contributed by atoms with Crippen LogP contribution >= 0.6 is 0 Å². The van der Waals surface area contributed by atoms with E-state index in [1.807, 2.05) is 42.2 Å². The van der Waals surface area contributed by atoms with Crippen molar-refractivity contribution in [2.45, 2.75) is 39.2 Å². The fourth-order valence-corrected chi connectivity index (χ4v) is 3.22. The van der Waals surface area contributed by atoms with E-state index in [9.17, 15) is 4.79 Å². The zero-order valence-electron chi connectivity index (χ0n) is 13.9. The first-order valence-corrected chi connectivity index (χ1v) is 8.56. The molecule has 1 aromatic rings. The molecule has 0 aromatic heterocycles. The van der Waals surface area contributed by atoms with Crippen LogP contribution < -0.4 is 10.2 Å². The van der Waals surface area contributed by atoms with Gasteiger partial charge in [0.1, 0.15) is 0 Å². The largest absolute Gasteiger partial charge is 0.317 e. The van der Waals surface area contributed by atoms with Gasteiger partial charge >= 0.3 is 0 Å². The molecule has 1 heterocycles. The molecule has 22 heavy (non-hydrogen) atoms. The van der Waals surface area contributed by atoms with Crippen LogP contribution in [0.2, 0.25) is 0 Å². The number of hydrogen-bond donors (Lipinski definition) is 1. The first kappa shape index (κ1) is 17.0. The van der Waals surface area contributed by atoms with Gasteiger partial charge in [0.25, 0.3) is 0 Å². The molecule has 0 atom stereocenters. The van der Waals surface area contributed by atoms with E-state index in [0.29, 0.717) is 12.6 Å². The number of amides is 1. The van der Waals surface area contributed by atoms with Crippen LogP contribution in [-0.2, 0) is 4.79 Å². The van der Waals surface area contributed by atoms with E-state index in [4.69, 9.17) is 0 Å². The van der Waals surface area contributed by atoms with Gasteiger partial charge in [-0.25, -0.2) is 0 Å². The highest BCUT2D eigenvalue weighted by Gasteiger charge is 2.24. The molecule has 1 aromatic carbocycles. The number of carbonyl (C=O) groups is 1. The fraction of sp³-hybridized carbons (Fsp3) is 0.611. The Balaban J connectivity index is 2.02. The molecule has 1 aliphatic rings. The van der Waals surface area contributed by atoms with Gasteiger partial charge in [-0.05, 0) is 58.0 Å². The number of carbonyl (C=O) groups excluding carboxylic acids is 1. The lowest BCUT2D eigenvalue weighted by Gasteiger charge is -2.35. The molecule has 1 aliphatic heterocycles. The predicted molar refractivity (Wildman–Crippen MR) is 92.2 cm³/mol. The zero-order valence-corrected chi connectivity index (χ0v) is 13.9. The number of para-hydroxylation sites is 1. The van der Waals surface area contributed by atoms with Crippen LogP contribution in [0, 0.1) is 0 Å². The molecule has 1 N–H and O–H groups in total. The SMILES string of the molecule is CCCN(CC(=O)N(CC)c1ccccc1)C1CCNCC1. The summed E-state index contributed by atoms with van der Waals surface area (Å²) in [5.41, 5.74) is 0.997. The number of benzene rings is 1. The Bertz CT molecular complexity index is 443. The summed E-state index contributed by atoms with van der Waals surface area (Å²) in [6, 6.07) is 10.5. The van der Waals surface area contributed by atoms with Gasteiger partial charge in [0.2, 0.25) is 5.91 Å². The highest BCUT2D eigenvalue weighted by molar-refractivity contribution is 5.94. The van der Waals surface area contributed by atoms with Crippen molar-refractivity contribution in [2.24, 2.45) is 0 Å². The standard InChI is InChI=1S/C18H29N3O/c1-3-14-20(16-10-12-19-13-11-16)15-18(22)21(4-2)17-8-6-5-7-9-17/h5-9,16,19H,3-4,10-15H2,1-2H3. The number of nitrogens with zero attached hydrogens (tertiary/aromatic N) is 2. The Labute approximate surface area is 134 Å². The molecule has 0 unspecified atom stereocenters. The van der Waals surface area contributed by atoms with Gasteiger partial charge in [0, 0.05) is 18.3 Å². The van der Waals surface area contributed by atoms with Crippen molar-refractivity contribution in [3.8, 4) is 0 Å². The van der Waals surface area contributed by atoms with Crippen molar-refractivity contribution in [3.05, 3.63) is 30.3 Å². The van der Waals surface area contributed by atoms with Crippen molar-refractivity contribution in [3.63, 3.8) is 0 Å². The average Bonchev–Trinajstić information content (AvgIpc) is 2.57. The molecule has 1 fully saturated rings. The van der Waals surface area contributed by atoms with E-state index in [-0.39, 0.29) is 5.91 Å². The maximum absolute atomic E-state index is 12.8. The van der Waals surface area contributed by atoms with Crippen molar-refractivity contribution < 1.29 is 4.79 Å². The molecule has 0 bridgehead atoms. The number of nitrogens with one attached hydrogen (secondary N) is 1. The van der Waals surface area contributed by atoms with Gasteiger partial charge in [0.05, 0.1) is 6.54 Å². The number of likely N-dealkylation sites (N-methyl/N-ethyl adjacent to an activating group) is 1. The summed E-state index contributed by atoms with van der Waals surface area (Å²) in [5.74, 6) is 0.209. The van der Waals surface area contributed by atoms with Crippen molar-refractivity contribution in [2.75, 3.05) is 37.6 Å². The monoisotopic (exact) mass is 303 g/mol. The highest BCUT2D eigenvalue weighted by Crippen LogP contribution is 2.16. The second-order valence-electron chi connectivity index (χ2n) is 5.93. The lowest BCUT2D eigenvalue weighted by molar-refractivity contribution is -0.120. The van der Waals surface area contributed by atoms with Crippen molar-refractivity contribution >= 4 is 11.6 Å². The quantitative estimate of drug-likeness (QED) is 0.840. The molecule has 0 aliphatic carbocycles. The number of rotatable bonds is 7. The van der Waals surface area contributed by atoms with E-state index in [2.05, 4.69) is 17.1 Å². The van der Waals surface area contributed by atoms with E-state index in [1.54, 1.807) is 0 Å².